The van der Waals surface area contributed by atoms with Crippen LogP contribution in [0.4, 0.5) is 0 Å². The number of hydrogen-bond donors (Lipinski definition) is 1. The van der Waals surface area contributed by atoms with E-state index in [1.54, 1.807) is 11.9 Å². The number of aliphatic hydroxyl groups is 1. The highest BCUT2D eigenvalue weighted by Gasteiger charge is 2.40. The largest absolute Gasteiger partial charge is 0.395 e. The van der Waals surface area contributed by atoms with Gasteiger partial charge in [0, 0.05) is 26.7 Å². The maximum atomic E-state index is 13.1. The van der Waals surface area contributed by atoms with E-state index in [1.165, 1.54) is 4.90 Å². The highest BCUT2D eigenvalue weighted by molar-refractivity contribution is 6.35. The molecule has 1 N–H and O–H groups in total. The lowest BCUT2D eigenvalue weighted by molar-refractivity contribution is -0.137. The van der Waals surface area contributed by atoms with Crippen molar-refractivity contribution in [2.75, 3.05) is 33.4 Å². The third-order valence-corrected chi connectivity index (χ3v) is 4.73. The number of aryl methyl sites for hydroxylation is 2. The van der Waals surface area contributed by atoms with Crippen LogP contribution in [0.5, 0.6) is 0 Å². The van der Waals surface area contributed by atoms with Crippen LogP contribution < -0.4 is 0 Å². The Balaban J connectivity index is 2.33. The van der Waals surface area contributed by atoms with E-state index in [-0.39, 0.29) is 31.1 Å². The van der Waals surface area contributed by atoms with Gasteiger partial charge in [0.25, 0.3) is 11.8 Å². The van der Waals surface area contributed by atoms with Crippen molar-refractivity contribution in [1.82, 2.24) is 9.80 Å². The van der Waals surface area contributed by atoms with E-state index in [0.29, 0.717) is 30.8 Å². The molecule has 2 rings (SSSR count). The Morgan fingerprint density at radius 2 is 1.85 bits per heavy atom. The second kappa shape index (κ2) is 9.15. The van der Waals surface area contributed by atoms with Crippen LogP contribution in [0.3, 0.4) is 0 Å². The lowest BCUT2D eigenvalue weighted by Crippen LogP contribution is -2.36. The van der Waals surface area contributed by atoms with Crippen LogP contribution in [-0.4, -0.2) is 66.2 Å². The van der Waals surface area contributed by atoms with E-state index in [1.807, 2.05) is 45.9 Å². The van der Waals surface area contributed by atoms with Gasteiger partial charge in [-0.1, -0.05) is 18.2 Å². The topological polar surface area (TPSA) is 70.1 Å². The Kier molecular flexibility index (Phi) is 7.16. The Morgan fingerprint density at radius 3 is 2.44 bits per heavy atom. The van der Waals surface area contributed by atoms with Gasteiger partial charge in [0.1, 0.15) is 5.70 Å². The molecule has 1 aromatic carbocycles. The summed E-state index contributed by atoms with van der Waals surface area (Å²) < 4.78 is 5.52. The van der Waals surface area contributed by atoms with Gasteiger partial charge in [-0.05, 0) is 50.8 Å². The van der Waals surface area contributed by atoms with Crippen molar-refractivity contribution in [2.45, 2.75) is 40.2 Å². The minimum atomic E-state index is -0.311. The molecule has 0 saturated heterocycles. The second-order valence-corrected chi connectivity index (χ2v) is 7.20. The number of hydrogen-bond acceptors (Lipinski definition) is 5. The SMILES string of the molecule is Cc1ccc(C2=C(N(C)CCO)C(=O)N(CCCOC(C)C)C2=O)cc1C. The van der Waals surface area contributed by atoms with Crippen LogP contribution in [0.25, 0.3) is 5.57 Å². The summed E-state index contributed by atoms with van der Waals surface area (Å²) >= 11 is 0. The summed E-state index contributed by atoms with van der Waals surface area (Å²) in [7, 11) is 1.73. The van der Waals surface area contributed by atoms with Crippen molar-refractivity contribution < 1.29 is 19.4 Å². The molecule has 0 spiro atoms. The first-order valence-electron chi connectivity index (χ1n) is 9.39. The molecule has 1 heterocycles. The molecular weight excluding hydrogens is 344 g/mol. The molecule has 6 heteroatoms. The normalized spacial score (nSPS) is 14.7. The van der Waals surface area contributed by atoms with Crippen LogP contribution >= 0.6 is 0 Å². The molecule has 0 aromatic heterocycles. The van der Waals surface area contributed by atoms with Crippen LogP contribution in [0, 0.1) is 13.8 Å². The van der Waals surface area contributed by atoms with Gasteiger partial charge in [-0.15, -0.1) is 0 Å². The van der Waals surface area contributed by atoms with Crippen molar-refractivity contribution in [3.05, 3.63) is 40.6 Å². The van der Waals surface area contributed by atoms with Crippen molar-refractivity contribution in [2.24, 2.45) is 0 Å². The Morgan fingerprint density at radius 1 is 1.15 bits per heavy atom. The van der Waals surface area contributed by atoms with Crippen LogP contribution in [0.15, 0.2) is 23.9 Å². The zero-order chi connectivity index (χ0) is 20.1. The smallest absolute Gasteiger partial charge is 0.277 e. The number of imide groups is 1. The number of rotatable bonds is 9. The number of aliphatic hydroxyl groups excluding tert-OH is 1. The Bertz CT molecular complexity index is 740. The molecule has 1 aliphatic rings. The number of nitrogens with zero attached hydrogens (tertiary/aromatic N) is 2. The molecule has 0 fully saturated rings. The van der Waals surface area contributed by atoms with E-state index in [9.17, 15) is 14.7 Å². The third-order valence-electron chi connectivity index (χ3n) is 4.73. The molecule has 27 heavy (non-hydrogen) atoms. The van der Waals surface area contributed by atoms with Gasteiger partial charge in [-0.25, -0.2) is 0 Å². The van der Waals surface area contributed by atoms with Gasteiger partial charge in [0.05, 0.1) is 18.3 Å². The number of amides is 2. The van der Waals surface area contributed by atoms with Gasteiger partial charge in [0.2, 0.25) is 0 Å². The fourth-order valence-corrected chi connectivity index (χ4v) is 3.08. The molecular formula is C21H30N2O4. The molecule has 0 unspecified atom stereocenters. The quantitative estimate of drug-likeness (QED) is 0.530. The summed E-state index contributed by atoms with van der Waals surface area (Å²) in [5.41, 5.74) is 3.68. The van der Waals surface area contributed by atoms with Gasteiger partial charge >= 0.3 is 0 Å². The standard InChI is InChI=1S/C21H30N2O4/c1-14(2)27-12-6-9-23-20(25)18(17-8-7-15(3)16(4)13-17)19(21(23)26)22(5)10-11-24/h7-8,13-14,24H,6,9-12H2,1-5H3. The van der Waals surface area contributed by atoms with E-state index in [4.69, 9.17) is 4.74 Å². The molecule has 0 aliphatic carbocycles. The van der Waals surface area contributed by atoms with E-state index >= 15 is 0 Å². The van der Waals surface area contributed by atoms with Crippen molar-refractivity contribution >= 4 is 17.4 Å². The highest BCUT2D eigenvalue weighted by atomic mass is 16.5. The van der Waals surface area contributed by atoms with E-state index in [0.717, 1.165) is 16.7 Å². The predicted molar refractivity (Wildman–Crippen MR) is 105 cm³/mol. The van der Waals surface area contributed by atoms with Gasteiger partial charge in [0.15, 0.2) is 0 Å². The molecule has 0 bridgehead atoms. The minimum absolute atomic E-state index is 0.0933. The lowest BCUT2D eigenvalue weighted by atomic mass is 9.99. The minimum Gasteiger partial charge on any atom is -0.395 e. The summed E-state index contributed by atoms with van der Waals surface area (Å²) in [5.74, 6) is -0.596. The first-order valence-corrected chi connectivity index (χ1v) is 9.39. The number of ether oxygens (including phenoxy) is 1. The van der Waals surface area contributed by atoms with Gasteiger partial charge in [-0.2, -0.15) is 0 Å². The first kappa shape index (κ1) is 21.1. The zero-order valence-corrected chi connectivity index (χ0v) is 16.9. The zero-order valence-electron chi connectivity index (χ0n) is 16.9. The summed E-state index contributed by atoms with van der Waals surface area (Å²) in [6.45, 7) is 8.90. The predicted octanol–water partition coefficient (Wildman–Crippen LogP) is 2.12. The molecule has 148 valence electrons. The van der Waals surface area contributed by atoms with Gasteiger partial charge in [-0.3, -0.25) is 14.5 Å². The molecule has 0 radical (unpaired) electrons. The Labute approximate surface area is 161 Å². The summed E-state index contributed by atoms with van der Waals surface area (Å²) in [5, 5.41) is 9.29. The number of carbonyl (C=O) groups is 2. The molecule has 0 atom stereocenters. The van der Waals surface area contributed by atoms with Crippen molar-refractivity contribution in [3.63, 3.8) is 0 Å². The van der Waals surface area contributed by atoms with E-state index in [2.05, 4.69) is 0 Å². The summed E-state index contributed by atoms with van der Waals surface area (Å²) in [6, 6.07) is 5.77. The van der Waals surface area contributed by atoms with Crippen LogP contribution in [0.1, 0.15) is 37.0 Å². The second-order valence-electron chi connectivity index (χ2n) is 7.20. The fraction of sp³-hybridized carbons (Fsp3) is 0.524. The molecule has 6 nitrogen and oxygen atoms in total. The number of carbonyl (C=O) groups excluding carboxylic acids is 2. The molecule has 0 saturated carbocycles. The van der Waals surface area contributed by atoms with Crippen LogP contribution in [-0.2, 0) is 14.3 Å². The molecule has 1 aromatic rings. The average molecular weight is 374 g/mol. The molecule has 1 aliphatic heterocycles. The summed E-state index contributed by atoms with van der Waals surface area (Å²) in [4.78, 5) is 29.0. The van der Waals surface area contributed by atoms with Crippen LogP contribution in [0.2, 0.25) is 0 Å². The highest BCUT2D eigenvalue weighted by Crippen LogP contribution is 2.32. The number of likely N-dealkylation sites (N-methyl/N-ethyl adjacent to an activating group) is 1. The summed E-state index contributed by atoms with van der Waals surface area (Å²) in [6.07, 6.45) is 0.706. The van der Waals surface area contributed by atoms with Crippen molar-refractivity contribution in [1.29, 1.82) is 0 Å². The molecule has 2 amide bonds. The Hall–Kier alpha value is -2.18. The maximum Gasteiger partial charge on any atom is 0.277 e. The van der Waals surface area contributed by atoms with Crippen molar-refractivity contribution in [3.8, 4) is 0 Å². The monoisotopic (exact) mass is 374 g/mol. The first-order chi connectivity index (χ1) is 12.8. The average Bonchev–Trinajstić information content (AvgIpc) is 2.85. The lowest BCUT2D eigenvalue weighted by Gasteiger charge is -2.20. The number of benzene rings is 1. The fourth-order valence-electron chi connectivity index (χ4n) is 3.08. The third kappa shape index (κ3) is 4.76. The maximum absolute atomic E-state index is 13.1. The van der Waals surface area contributed by atoms with Gasteiger partial charge < -0.3 is 14.7 Å². The van der Waals surface area contributed by atoms with E-state index < -0.39 is 0 Å².